The molecule has 0 unspecified atom stereocenters. The molecule has 0 bridgehead atoms. The van der Waals surface area contributed by atoms with Crippen molar-refractivity contribution in [1.82, 2.24) is 10.2 Å². The zero-order valence-corrected chi connectivity index (χ0v) is 26.7. The van der Waals surface area contributed by atoms with Gasteiger partial charge in [0.15, 0.2) is 0 Å². The fraction of sp³-hybridized carbons (Fsp3) is 0.375. The third kappa shape index (κ3) is 8.22. The van der Waals surface area contributed by atoms with Crippen molar-refractivity contribution in [2.45, 2.75) is 69.0 Å². The second-order valence-electron chi connectivity index (χ2n) is 10.6. The molecule has 0 spiro atoms. The molecule has 2 amide bonds. The minimum Gasteiger partial charge on any atom is -0.497 e. The van der Waals surface area contributed by atoms with E-state index >= 15 is 0 Å². The highest BCUT2D eigenvalue weighted by Gasteiger charge is 2.34. The molecule has 1 saturated carbocycles. The minimum atomic E-state index is -4.20. The van der Waals surface area contributed by atoms with Crippen molar-refractivity contribution in [2.24, 2.45) is 0 Å². The number of ether oxygens (including phenoxy) is 1. The molecule has 43 heavy (non-hydrogen) atoms. The van der Waals surface area contributed by atoms with Gasteiger partial charge in [0.25, 0.3) is 10.0 Å². The zero-order chi connectivity index (χ0) is 31.0. The number of hydrogen-bond acceptors (Lipinski definition) is 5. The maximum atomic E-state index is 14.2. The summed E-state index contributed by atoms with van der Waals surface area (Å²) in [4.78, 5) is 29.4. The number of benzene rings is 3. The van der Waals surface area contributed by atoms with Crippen LogP contribution in [0.25, 0.3) is 0 Å². The molecule has 1 aliphatic rings. The highest BCUT2D eigenvalue weighted by atomic mass is 35.5. The van der Waals surface area contributed by atoms with Crippen molar-refractivity contribution >= 4 is 50.7 Å². The molecule has 1 N–H and O–H groups in total. The van der Waals surface area contributed by atoms with Crippen molar-refractivity contribution < 1.29 is 22.7 Å². The lowest BCUT2D eigenvalue weighted by Crippen LogP contribution is -2.54. The van der Waals surface area contributed by atoms with Gasteiger partial charge in [-0.25, -0.2) is 8.42 Å². The highest BCUT2D eigenvalue weighted by Crippen LogP contribution is 2.31. The predicted molar refractivity (Wildman–Crippen MR) is 170 cm³/mol. The normalized spacial score (nSPS) is 14.5. The van der Waals surface area contributed by atoms with Gasteiger partial charge in [-0.15, -0.1) is 0 Å². The van der Waals surface area contributed by atoms with Gasteiger partial charge in [-0.2, -0.15) is 0 Å². The van der Waals surface area contributed by atoms with E-state index in [4.69, 9.17) is 27.9 Å². The molecule has 1 aliphatic carbocycles. The Morgan fingerprint density at radius 2 is 1.63 bits per heavy atom. The van der Waals surface area contributed by atoms with Crippen LogP contribution >= 0.6 is 23.2 Å². The largest absolute Gasteiger partial charge is 0.497 e. The number of methoxy groups -OCH3 is 1. The van der Waals surface area contributed by atoms with Gasteiger partial charge in [-0.3, -0.25) is 13.9 Å². The van der Waals surface area contributed by atoms with Crippen LogP contribution in [-0.2, 0) is 26.2 Å². The summed E-state index contributed by atoms with van der Waals surface area (Å²) < 4.78 is 34.2. The number of anilines is 1. The van der Waals surface area contributed by atoms with E-state index in [0.717, 1.165) is 42.0 Å². The third-order valence-electron chi connectivity index (χ3n) is 7.65. The van der Waals surface area contributed by atoms with E-state index in [-0.39, 0.29) is 39.1 Å². The molecule has 3 aromatic carbocycles. The summed E-state index contributed by atoms with van der Waals surface area (Å²) in [7, 11) is -2.63. The molecule has 3 aromatic rings. The third-order valence-corrected chi connectivity index (χ3v) is 10.2. The van der Waals surface area contributed by atoms with Crippen molar-refractivity contribution in [3.05, 3.63) is 88.4 Å². The summed E-state index contributed by atoms with van der Waals surface area (Å²) in [5.74, 6) is -0.126. The first-order valence-electron chi connectivity index (χ1n) is 14.4. The first-order valence-corrected chi connectivity index (χ1v) is 16.6. The fourth-order valence-corrected chi connectivity index (χ4v) is 7.00. The predicted octanol–water partition coefficient (Wildman–Crippen LogP) is 6.45. The van der Waals surface area contributed by atoms with Gasteiger partial charge in [-0.05, 0) is 67.3 Å². The summed E-state index contributed by atoms with van der Waals surface area (Å²) in [6.07, 6.45) is 5.38. The standard InChI is InChI=1S/C32H37Cl2N3O5S/c1-3-30(32(39)35-24-10-6-4-7-11-24)36(21-23-14-17-26(42-2)18-15-23)31(38)22-37(25-16-19-28(33)29(34)20-25)43(40,41)27-12-8-5-9-13-27/h5,8-9,12-20,24,30H,3-4,6-7,10-11,21-22H2,1-2H3,(H,35,39)/t30-/m1/s1. The number of carbonyl (C=O) groups is 2. The van der Waals surface area contributed by atoms with Gasteiger partial charge in [0.2, 0.25) is 11.8 Å². The first-order chi connectivity index (χ1) is 20.6. The quantitative estimate of drug-likeness (QED) is 0.244. The molecule has 0 radical (unpaired) electrons. The van der Waals surface area contributed by atoms with Crippen LogP contribution in [0.5, 0.6) is 5.75 Å². The van der Waals surface area contributed by atoms with Crippen LogP contribution in [-0.4, -0.2) is 50.9 Å². The van der Waals surface area contributed by atoms with Gasteiger partial charge in [0, 0.05) is 12.6 Å². The van der Waals surface area contributed by atoms with Gasteiger partial charge >= 0.3 is 0 Å². The highest BCUT2D eigenvalue weighted by molar-refractivity contribution is 7.92. The topological polar surface area (TPSA) is 96.0 Å². The first kappa shape index (κ1) is 32.6. The Morgan fingerprint density at radius 1 is 0.953 bits per heavy atom. The van der Waals surface area contributed by atoms with E-state index in [9.17, 15) is 18.0 Å². The second-order valence-corrected chi connectivity index (χ2v) is 13.2. The Hall–Kier alpha value is -3.27. The number of sulfonamides is 1. The Labute approximate surface area is 264 Å². The number of hydrogen-bond donors (Lipinski definition) is 1. The Kier molecular flexibility index (Phi) is 11.3. The summed E-state index contributed by atoms with van der Waals surface area (Å²) in [6.45, 7) is 1.38. The molecule has 0 aromatic heterocycles. The van der Waals surface area contributed by atoms with Crippen LogP contribution in [0.4, 0.5) is 5.69 Å². The monoisotopic (exact) mass is 645 g/mol. The number of halogens is 2. The second kappa shape index (κ2) is 14.9. The maximum Gasteiger partial charge on any atom is 0.264 e. The van der Waals surface area contributed by atoms with Crippen LogP contribution in [0.2, 0.25) is 10.0 Å². The van der Waals surface area contributed by atoms with E-state index in [1.807, 2.05) is 19.1 Å². The zero-order valence-electron chi connectivity index (χ0n) is 24.3. The van der Waals surface area contributed by atoms with E-state index in [1.54, 1.807) is 37.4 Å². The van der Waals surface area contributed by atoms with Crippen molar-refractivity contribution in [3.8, 4) is 5.75 Å². The number of amides is 2. The van der Waals surface area contributed by atoms with Gasteiger partial charge in [0.1, 0.15) is 18.3 Å². The molecule has 0 aliphatic heterocycles. The average molecular weight is 647 g/mol. The molecular weight excluding hydrogens is 609 g/mol. The van der Waals surface area contributed by atoms with Crippen molar-refractivity contribution in [2.75, 3.05) is 18.0 Å². The van der Waals surface area contributed by atoms with Crippen LogP contribution in [0.15, 0.2) is 77.7 Å². The van der Waals surface area contributed by atoms with Crippen LogP contribution < -0.4 is 14.4 Å². The molecular formula is C32H37Cl2N3O5S. The van der Waals surface area contributed by atoms with Crippen molar-refractivity contribution in [3.63, 3.8) is 0 Å². The lowest BCUT2D eigenvalue weighted by Gasteiger charge is -2.34. The molecule has 1 fully saturated rings. The number of carbonyl (C=O) groups excluding carboxylic acids is 2. The SMILES string of the molecule is CC[C@H](C(=O)NC1CCCCC1)N(Cc1ccc(OC)cc1)C(=O)CN(c1ccc(Cl)c(Cl)c1)S(=O)(=O)c1ccccc1. The molecule has 4 rings (SSSR count). The Balaban J connectivity index is 1.71. The molecule has 0 saturated heterocycles. The summed E-state index contributed by atoms with van der Waals surface area (Å²) in [5.41, 5.74) is 0.945. The number of nitrogens with zero attached hydrogens (tertiary/aromatic N) is 2. The minimum absolute atomic E-state index is 0.0117. The molecule has 230 valence electrons. The lowest BCUT2D eigenvalue weighted by molar-refractivity contribution is -0.140. The Bertz CT molecular complexity index is 1500. The van der Waals surface area contributed by atoms with E-state index in [2.05, 4.69) is 5.32 Å². The average Bonchev–Trinajstić information content (AvgIpc) is 3.02. The summed E-state index contributed by atoms with van der Waals surface area (Å²) in [6, 6.07) is 18.7. The smallest absolute Gasteiger partial charge is 0.264 e. The molecule has 1 atom stereocenters. The lowest BCUT2D eigenvalue weighted by atomic mass is 9.95. The number of rotatable bonds is 12. The maximum absolute atomic E-state index is 14.2. The molecule has 8 nitrogen and oxygen atoms in total. The van der Waals surface area contributed by atoms with Gasteiger partial charge in [-0.1, -0.05) is 79.7 Å². The Morgan fingerprint density at radius 3 is 2.23 bits per heavy atom. The van der Waals surface area contributed by atoms with Crippen LogP contribution in [0.1, 0.15) is 51.0 Å². The van der Waals surface area contributed by atoms with E-state index in [1.165, 1.54) is 35.2 Å². The number of nitrogens with one attached hydrogen (secondary N) is 1. The van der Waals surface area contributed by atoms with Gasteiger partial charge in [0.05, 0.1) is 27.7 Å². The summed E-state index contributed by atoms with van der Waals surface area (Å²) in [5, 5.41) is 3.54. The molecule has 11 heteroatoms. The summed E-state index contributed by atoms with van der Waals surface area (Å²) >= 11 is 12.4. The van der Waals surface area contributed by atoms with Gasteiger partial charge < -0.3 is 15.0 Å². The van der Waals surface area contributed by atoms with Crippen molar-refractivity contribution in [1.29, 1.82) is 0 Å². The van der Waals surface area contributed by atoms with E-state index in [0.29, 0.717) is 12.2 Å². The van der Waals surface area contributed by atoms with E-state index < -0.39 is 28.5 Å². The van der Waals surface area contributed by atoms with Crippen LogP contribution in [0.3, 0.4) is 0 Å². The van der Waals surface area contributed by atoms with Crippen LogP contribution in [0, 0.1) is 0 Å². The fourth-order valence-electron chi connectivity index (χ4n) is 5.28. The molecule has 0 heterocycles.